The van der Waals surface area contributed by atoms with Crippen LogP contribution in [0.4, 0.5) is 10.6 Å². The lowest BCUT2D eigenvalue weighted by molar-refractivity contribution is -0.390. The molecule has 0 spiro atoms. The van der Waals surface area contributed by atoms with Crippen molar-refractivity contribution in [1.29, 1.82) is 0 Å². The van der Waals surface area contributed by atoms with Crippen LogP contribution in [0, 0.1) is 10.1 Å². The number of rotatable bonds is 2. The molecule has 0 N–H and O–H groups in total. The molecule has 7 nitrogen and oxygen atoms in total. The minimum Gasteiger partial charge on any atom is -0.492 e. The second-order valence-corrected chi connectivity index (χ2v) is 5.47. The van der Waals surface area contributed by atoms with Gasteiger partial charge in [0.1, 0.15) is 5.60 Å². The third kappa shape index (κ3) is 2.81. The van der Waals surface area contributed by atoms with Crippen molar-refractivity contribution >= 4 is 22.8 Å². The number of hydrogen-bond donors (Lipinski definition) is 0. The molecule has 1 aromatic heterocycles. The van der Waals surface area contributed by atoms with Crippen molar-refractivity contribution in [3.05, 3.63) is 34.4 Å². The van der Waals surface area contributed by atoms with Crippen molar-refractivity contribution in [2.45, 2.75) is 26.4 Å². The van der Waals surface area contributed by atoms with Gasteiger partial charge in [-0.25, -0.2) is 0 Å². The molecule has 1 heterocycles. The van der Waals surface area contributed by atoms with Gasteiger partial charge in [-0.15, -0.1) is 4.57 Å². The molecule has 0 unspecified atom stereocenters. The van der Waals surface area contributed by atoms with Crippen LogP contribution in [-0.4, -0.2) is 28.3 Å². The van der Waals surface area contributed by atoms with Gasteiger partial charge in [-0.05, 0) is 31.8 Å². The summed E-state index contributed by atoms with van der Waals surface area (Å²) in [6, 6.07) is 6.32. The fourth-order valence-electron chi connectivity index (χ4n) is 2.00. The van der Waals surface area contributed by atoms with E-state index in [-0.39, 0.29) is 5.82 Å². The van der Waals surface area contributed by atoms with E-state index in [1.807, 2.05) is 0 Å². The van der Waals surface area contributed by atoms with Crippen LogP contribution in [0.3, 0.4) is 0 Å². The molecular weight excluding hydrogens is 276 g/mol. The number of aromatic nitrogens is 1. The third-order valence-corrected chi connectivity index (χ3v) is 2.75. The highest BCUT2D eigenvalue weighted by atomic mass is 16.6. The Balaban J connectivity index is 2.71. The van der Waals surface area contributed by atoms with Crippen LogP contribution in [0.1, 0.15) is 20.8 Å². The molecule has 0 aliphatic heterocycles. The average molecular weight is 292 g/mol. The molecule has 2 aromatic rings. The number of nitrogens with zero attached hydrogens (tertiary/aromatic N) is 2. The first-order valence-corrected chi connectivity index (χ1v) is 6.31. The highest BCUT2D eigenvalue weighted by Gasteiger charge is 2.31. The van der Waals surface area contributed by atoms with Crippen molar-refractivity contribution in [3.63, 3.8) is 0 Å². The van der Waals surface area contributed by atoms with Crippen LogP contribution in [0.25, 0.3) is 10.9 Å². The van der Waals surface area contributed by atoms with E-state index in [2.05, 4.69) is 0 Å². The van der Waals surface area contributed by atoms with Gasteiger partial charge in [-0.2, -0.15) is 4.79 Å². The summed E-state index contributed by atoms with van der Waals surface area (Å²) < 4.78 is 11.4. The molecule has 0 amide bonds. The summed E-state index contributed by atoms with van der Waals surface area (Å²) in [5.74, 6) is 0.00945. The zero-order valence-electron chi connectivity index (χ0n) is 12.2. The Hall–Kier alpha value is -2.57. The second-order valence-electron chi connectivity index (χ2n) is 5.47. The van der Waals surface area contributed by atoms with E-state index in [4.69, 9.17) is 9.47 Å². The lowest BCUT2D eigenvalue weighted by atomic mass is 10.2. The Morgan fingerprint density at radius 2 is 2.00 bits per heavy atom. The number of para-hydroxylation sites is 1. The summed E-state index contributed by atoms with van der Waals surface area (Å²) in [6.45, 7) is 5.08. The molecule has 0 aliphatic carbocycles. The van der Waals surface area contributed by atoms with Crippen molar-refractivity contribution in [3.8, 4) is 5.75 Å². The molecule has 0 saturated carbocycles. The highest BCUT2D eigenvalue weighted by Crippen LogP contribution is 2.33. The molecule has 2 rings (SSSR count). The quantitative estimate of drug-likeness (QED) is 0.626. The Kier molecular flexibility index (Phi) is 3.59. The fourth-order valence-corrected chi connectivity index (χ4v) is 2.00. The van der Waals surface area contributed by atoms with Gasteiger partial charge in [0.05, 0.1) is 7.11 Å². The van der Waals surface area contributed by atoms with Crippen molar-refractivity contribution < 1.29 is 19.2 Å². The van der Waals surface area contributed by atoms with Crippen molar-refractivity contribution in [2.75, 3.05) is 7.11 Å². The first-order valence-electron chi connectivity index (χ1n) is 6.31. The SMILES string of the molecule is COc1cccc2cc([N+](=O)[O-])n(C(=O)OC(C)(C)C)c12. The summed E-state index contributed by atoms with van der Waals surface area (Å²) in [4.78, 5) is 22.9. The summed E-state index contributed by atoms with van der Waals surface area (Å²) in [5.41, 5.74) is -0.440. The third-order valence-electron chi connectivity index (χ3n) is 2.75. The molecular formula is C14H16N2O5. The molecule has 1 aromatic carbocycles. The summed E-state index contributed by atoms with van der Waals surface area (Å²) in [5, 5.41) is 11.7. The average Bonchev–Trinajstić information content (AvgIpc) is 2.76. The minimum atomic E-state index is -0.811. The zero-order valence-corrected chi connectivity index (χ0v) is 12.2. The smallest absolute Gasteiger partial charge is 0.492 e. The van der Waals surface area contributed by atoms with Gasteiger partial charge in [0.2, 0.25) is 0 Å². The normalized spacial score (nSPS) is 11.4. The van der Waals surface area contributed by atoms with Crippen LogP contribution >= 0.6 is 0 Å². The molecule has 0 atom stereocenters. The van der Waals surface area contributed by atoms with Crippen LogP contribution in [0.15, 0.2) is 24.3 Å². The molecule has 0 fully saturated rings. The topological polar surface area (TPSA) is 83.6 Å². The number of carbonyl (C=O) groups excluding carboxylic acids is 1. The first kappa shape index (κ1) is 14.8. The number of ether oxygens (including phenoxy) is 2. The lowest BCUT2D eigenvalue weighted by Crippen LogP contribution is -2.27. The number of hydrogen-bond acceptors (Lipinski definition) is 5. The Labute approximate surface area is 121 Å². The van der Waals surface area contributed by atoms with E-state index in [1.54, 1.807) is 39.0 Å². The maximum atomic E-state index is 12.3. The summed E-state index contributed by atoms with van der Waals surface area (Å²) >= 11 is 0. The standard InChI is InChI=1S/C14H16N2O5/c1-14(2,3)21-13(17)15-11(16(18)19)8-9-6-5-7-10(20-4)12(9)15/h5-8H,1-4H3. The number of methoxy groups -OCH3 is 1. The van der Waals surface area contributed by atoms with Gasteiger partial charge in [-0.1, -0.05) is 12.1 Å². The molecule has 7 heteroatoms. The number of nitro groups is 1. The van der Waals surface area contributed by atoms with E-state index in [1.165, 1.54) is 13.2 Å². The van der Waals surface area contributed by atoms with E-state index >= 15 is 0 Å². The molecule has 0 saturated heterocycles. The van der Waals surface area contributed by atoms with E-state index < -0.39 is 16.6 Å². The molecule has 112 valence electrons. The fraction of sp³-hybridized carbons (Fsp3) is 0.357. The Bertz CT molecular complexity index is 712. The predicted molar refractivity (Wildman–Crippen MR) is 76.8 cm³/mol. The van der Waals surface area contributed by atoms with E-state index in [0.717, 1.165) is 4.57 Å². The number of fused-ring (bicyclic) bond motifs is 1. The molecule has 0 aliphatic rings. The summed E-state index contributed by atoms with van der Waals surface area (Å²) in [7, 11) is 1.44. The second kappa shape index (κ2) is 5.08. The maximum absolute atomic E-state index is 12.3. The van der Waals surface area contributed by atoms with Gasteiger partial charge in [0.25, 0.3) is 0 Å². The van der Waals surface area contributed by atoms with Crippen LogP contribution in [0.2, 0.25) is 0 Å². The van der Waals surface area contributed by atoms with Crippen LogP contribution in [0.5, 0.6) is 5.75 Å². The van der Waals surface area contributed by atoms with Gasteiger partial charge in [0.15, 0.2) is 11.3 Å². The minimum absolute atomic E-state index is 0.320. The first-order chi connectivity index (χ1) is 9.74. The molecule has 0 radical (unpaired) electrons. The Morgan fingerprint density at radius 3 is 2.52 bits per heavy atom. The maximum Gasteiger partial charge on any atom is 0.513 e. The predicted octanol–water partition coefficient (Wildman–Crippen LogP) is 3.34. The molecule has 21 heavy (non-hydrogen) atoms. The van der Waals surface area contributed by atoms with Gasteiger partial charge >= 0.3 is 11.9 Å². The number of carbonyl (C=O) groups is 1. The Morgan fingerprint density at radius 1 is 1.33 bits per heavy atom. The van der Waals surface area contributed by atoms with Gasteiger partial charge in [-0.3, -0.25) is 0 Å². The van der Waals surface area contributed by atoms with Gasteiger partial charge < -0.3 is 19.6 Å². The van der Waals surface area contributed by atoms with E-state index in [9.17, 15) is 14.9 Å². The van der Waals surface area contributed by atoms with Gasteiger partial charge in [0, 0.05) is 11.5 Å². The van der Waals surface area contributed by atoms with Crippen molar-refractivity contribution in [2.24, 2.45) is 0 Å². The lowest BCUT2D eigenvalue weighted by Gasteiger charge is -2.18. The largest absolute Gasteiger partial charge is 0.513 e. The zero-order chi connectivity index (χ0) is 15.8. The highest BCUT2D eigenvalue weighted by molar-refractivity contribution is 5.96. The van der Waals surface area contributed by atoms with Crippen LogP contribution in [-0.2, 0) is 4.74 Å². The molecule has 0 bridgehead atoms. The number of benzene rings is 1. The van der Waals surface area contributed by atoms with Crippen LogP contribution < -0.4 is 4.74 Å². The summed E-state index contributed by atoms with van der Waals surface area (Å²) in [6.07, 6.45) is -0.811. The van der Waals surface area contributed by atoms with Crippen molar-refractivity contribution in [1.82, 2.24) is 4.57 Å². The van der Waals surface area contributed by atoms with E-state index in [0.29, 0.717) is 16.7 Å². The monoisotopic (exact) mass is 292 g/mol.